The largest absolute Gasteiger partial charge is 0.462 e. The summed E-state index contributed by atoms with van der Waals surface area (Å²) in [7, 11) is 3.29. The molecule has 5 aromatic heterocycles. The van der Waals surface area contributed by atoms with Crippen LogP contribution in [-0.4, -0.2) is 74.2 Å². The van der Waals surface area contributed by atoms with Crippen molar-refractivity contribution < 1.29 is 19.1 Å². The summed E-state index contributed by atoms with van der Waals surface area (Å²) in [6, 6.07) is 1.63. The zero-order valence-corrected chi connectivity index (χ0v) is 30.0. The molecule has 0 amide bonds. The van der Waals surface area contributed by atoms with Gasteiger partial charge in [0.1, 0.15) is 17.5 Å². The number of aryl methyl sites for hydroxylation is 4. The van der Waals surface area contributed by atoms with E-state index in [9.17, 15) is 9.59 Å². The summed E-state index contributed by atoms with van der Waals surface area (Å²) >= 11 is 0. The molecule has 0 radical (unpaired) electrons. The SMILES string of the molecule is CCCCc1nn(-c2cc(-n3nc(CCCC)c(/N=N/c4c(C(=O)OCC)cnn4C)c3N)ncn2)c(N)c1/N=N/c1c(C(=O)OCC)cnn1C. The highest BCUT2D eigenvalue weighted by atomic mass is 16.5. The van der Waals surface area contributed by atoms with Gasteiger partial charge in [-0.05, 0) is 39.5 Å². The maximum atomic E-state index is 12.5. The lowest BCUT2D eigenvalue weighted by Gasteiger charge is -2.06. The molecule has 0 aliphatic rings. The van der Waals surface area contributed by atoms with E-state index in [1.165, 1.54) is 37.4 Å². The van der Waals surface area contributed by atoms with Crippen molar-refractivity contribution in [2.24, 2.45) is 34.6 Å². The number of nitrogens with zero attached hydrogens (tertiary/aromatic N) is 14. The van der Waals surface area contributed by atoms with Crippen molar-refractivity contribution in [1.29, 1.82) is 0 Å². The maximum Gasteiger partial charge on any atom is 0.343 e. The van der Waals surface area contributed by atoms with Gasteiger partial charge in [0, 0.05) is 20.2 Å². The number of carbonyl (C=O) groups excluding carboxylic acids is 2. The van der Waals surface area contributed by atoms with Gasteiger partial charge >= 0.3 is 11.9 Å². The Morgan fingerprint density at radius 3 is 1.50 bits per heavy atom. The van der Waals surface area contributed by atoms with Crippen LogP contribution in [0.15, 0.2) is 45.2 Å². The number of nitrogen functional groups attached to an aromatic ring is 2. The summed E-state index contributed by atoms with van der Waals surface area (Å²) in [5.74, 6) is 0.251. The van der Waals surface area contributed by atoms with Crippen molar-refractivity contribution in [3.05, 3.63) is 47.3 Å². The number of rotatable bonds is 16. The van der Waals surface area contributed by atoms with Crippen molar-refractivity contribution in [3.63, 3.8) is 0 Å². The van der Waals surface area contributed by atoms with E-state index in [2.05, 4.69) is 54.5 Å². The molecule has 0 spiro atoms. The smallest absolute Gasteiger partial charge is 0.343 e. The molecule has 0 saturated carbocycles. The van der Waals surface area contributed by atoms with Gasteiger partial charge in [0.05, 0.1) is 37.0 Å². The molecule has 5 aromatic rings. The Morgan fingerprint density at radius 2 is 1.12 bits per heavy atom. The van der Waals surface area contributed by atoms with Crippen LogP contribution in [0.4, 0.5) is 34.6 Å². The topological polar surface area (TPSA) is 251 Å². The summed E-state index contributed by atoms with van der Waals surface area (Å²) in [5.41, 5.74) is 15.4. The lowest BCUT2D eigenvalue weighted by atomic mass is 10.2. The number of nitrogens with two attached hydrogens (primary N) is 2. The van der Waals surface area contributed by atoms with Crippen LogP contribution >= 0.6 is 0 Å². The summed E-state index contributed by atoms with van der Waals surface area (Å²) in [6.07, 6.45) is 8.65. The molecule has 274 valence electrons. The fraction of sp³-hybridized carbons (Fsp3) is 0.438. The quantitative estimate of drug-likeness (QED) is 0.0969. The van der Waals surface area contributed by atoms with Gasteiger partial charge in [-0.1, -0.05) is 26.7 Å². The van der Waals surface area contributed by atoms with E-state index < -0.39 is 11.9 Å². The van der Waals surface area contributed by atoms with Gasteiger partial charge in [-0.15, -0.1) is 20.5 Å². The molecule has 0 aromatic carbocycles. The number of aromatic nitrogens is 10. The van der Waals surface area contributed by atoms with Crippen LogP contribution in [0.1, 0.15) is 85.5 Å². The molecule has 20 nitrogen and oxygen atoms in total. The molecule has 0 fully saturated rings. The Labute approximate surface area is 298 Å². The average Bonchev–Trinajstić information content (AvgIpc) is 3.87. The number of hydrogen-bond donors (Lipinski definition) is 2. The lowest BCUT2D eigenvalue weighted by molar-refractivity contribution is 0.0517. The maximum absolute atomic E-state index is 12.5. The van der Waals surface area contributed by atoms with Gasteiger partial charge in [-0.3, -0.25) is 0 Å². The lowest BCUT2D eigenvalue weighted by Crippen LogP contribution is -2.09. The van der Waals surface area contributed by atoms with Crippen LogP contribution < -0.4 is 11.5 Å². The molecule has 4 N–H and O–H groups in total. The van der Waals surface area contributed by atoms with Crippen LogP contribution in [0.2, 0.25) is 0 Å². The molecule has 0 aliphatic heterocycles. The van der Waals surface area contributed by atoms with Crippen molar-refractivity contribution in [1.82, 2.24) is 49.1 Å². The molecule has 0 saturated heterocycles. The minimum absolute atomic E-state index is 0.166. The van der Waals surface area contributed by atoms with Crippen LogP contribution in [0.25, 0.3) is 11.6 Å². The molecule has 0 aliphatic carbocycles. The number of ether oxygens (including phenoxy) is 2. The van der Waals surface area contributed by atoms with Crippen LogP contribution in [0, 0.1) is 0 Å². The molecule has 0 unspecified atom stereocenters. The van der Waals surface area contributed by atoms with Gasteiger partial charge < -0.3 is 20.9 Å². The predicted molar refractivity (Wildman–Crippen MR) is 189 cm³/mol. The van der Waals surface area contributed by atoms with E-state index in [0.29, 0.717) is 47.2 Å². The van der Waals surface area contributed by atoms with Gasteiger partial charge in [0.25, 0.3) is 0 Å². The fourth-order valence-electron chi connectivity index (χ4n) is 5.10. The van der Waals surface area contributed by atoms with E-state index in [-0.39, 0.29) is 47.6 Å². The Morgan fingerprint density at radius 1 is 0.692 bits per heavy atom. The van der Waals surface area contributed by atoms with Crippen molar-refractivity contribution in [3.8, 4) is 11.6 Å². The summed E-state index contributed by atoms with van der Waals surface area (Å²) in [4.78, 5) is 33.8. The third-order valence-electron chi connectivity index (χ3n) is 7.83. The molecule has 52 heavy (non-hydrogen) atoms. The van der Waals surface area contributed by atoms with Gasteiger partial charge in [0.15, 0.2) is 46.3 Å². The van der Waals surface area contributed by atoms with Crippen molar-refractivity contribution in [2.45, 2.75) is 66.2 Å². The minimum atomic E-state index is -0.563. The second kappa shape index (κ2) is 16.6. The van der Waals surface area contributed by atoms with E-state index in [4.69, 9.17) is 31.1 Å². The van der Waals surface area contributed by atoms with E-state index >= 15 is 0 Å². The predicted octanol–water partition coefficient (Wildman–Crippen LogP) is 5.35. The highest BCUT2D eigenvalue weighted by Gasteiger charge is 2.23. The number of hydrogen-bond acceptors (Lipinski definition) is 16. The standard InChI is InChI=1S/C32H42N16O4/c1-7-11-13-21-25(39-41-29-19(16-37-45(29)5)31(49)51-9-3)27(33)47(43-21)23-15-24(36-18-35-23)48-28(34)26(22(44-48)14-12-8-2)40-42-30-20(17-38-46(30)6)32(50)52-10-4/h15-18H,7-14,33-34H2,1-6H3/b41-39+,42-40+. The summed E-state index contributed by atoms with van der Waals surface area (Å²) < 4.78 is 16.0. The Balaban J connectivity index is 1.54. The normalized spacial score (nSPS) is 11.7. The highest BCUT2D eigenvalue weighted by molar-refractivity contribution is 5.94. The van der Waals surface area contributed by atoms with Crippen LogP contribution in [-0.2, 0) is 36.4 Å². The highest BCUT2D eigenvalue weighted by Crippen LogP contribution is 2.35. The number of carbonyl (C=O) groups is 2. The molecular weight excluding hydrogens is 672 g/mol. The van der Waals surface area contributed by atoms with Gasteiger partial charge in [-0.2, -0.15) is 29.8 Å². The van der Waals surface area contributed by atoms with Crippen LogP contribution in [0.3, 0.4) is 0 Å². The first-order valence-electron chi connectivity index (χ1n) is 16.9. The minimum Gasteiger partial charge on any atom is -0.462 e. The van der Waals surface area contributed by atoms with Gasteiger partial charge in [0.2, 0.25) is 0 Å². The third kappa shape index (κ3) is 7.69. The first-order valence-corrected chi connectivity index (χ1v) is 16.9. The number of anilines is 2. The molecule has 5 rings (SSSR count). The zero-order valence-electron chi connectivity index (χ0n) is 30.0. The van der Waals surface area contributed by atoms with Crippen LogP contribution in [0.5, 0.6) is 0 Å². The molecular formula is C32H42N16O4. The van der Waals surface area contributed by atoms with E-state index in [1.807, 2.05) is 0 Å². The number of esters is 2. The van der Waals surface area contributed by atoms with E-state index in [1.54, 1.807) is 34.0 Å². The third-order valence-corrected chi connectivity index (χ3v) is 7.83. The van der Waals surface area contributed by atoms with Crippen molar-refractivity contribution in [2.75, 3.05) is 24.7 Å². The molecule has 20 heteroatoms. The Bertz CT molecular complexity index is 1960. The number of unbranched alkanes of at least 4 members (excludes halogenated alkanes) is 2. The fourth-order valence-corrected chi connectivity index (χ4v) is 5.10. The Hall–Kier alpha value is -6.34. The summed E-state index contributed by atoms with van der Waals surface area (Å²) in [6.45, 7) is 7.95. The number of azo groups is 2. The second-order valence-electron chi connectivity index (χ2n) is 11.5. The van der Waals surface area contributed by atoms with Crippen molar-refractivity contribution >= 4 is 46.6 Å². The first-order chi connectivity index (χ1) is 25.1. The average molecular weight is 715 g/mol. The molecule has 0 bridgehead atoms. The molecule has 0 atom stereocenters. The van der Waals surface area contributed by atoms with Gasteiger partial charge in [-0.25, -0.2) is 28.9 Å². The zero-order chi connectivity index (χ0) is 37.4. The Kier molecular flexibility index (Phi) is 11.8. The summed E-state index contributed by atoms with van der Waals surface area (Å²) in [5, 5.41) is 35.3. The first kappa shape index (κ1) is 36.9. The second-order valence-corrected chi connectivity index (χ2v) is 11.5. The van der Waals surface area contributed by atoms with E-state index in [0.717, 1.165) is 25.7 Å². The monoisotopic (exact) mass is 714 g/mol. The molecule has 5 heterocycles.